The molecule has 0 unspecified atom stereocenters. The fourth-order valence-corrected chi connectivity index (χ4v) is 3.19. The van der Waals surface area contributed by atoms with Crippen molar-refractivity contribution in [1.82, 2.24) is 9.88 Å². The van der Waals surface area contributed by atoms with E-state index in [1.165, 1.54) is 12.3 Å². The number of halogens is 2. The molecule has 136 valence electrons. The summed E-state index contributed by atoms with van der Waals surface area (Å²) in [5.41, 5.74) is 1.10. The van der Waals surface area contributed by atoms with Crippen LogP contribution < -0.4 is 4.90 Å². The minimum Gasteiger partial charge on any atom is -0.452 e. The first-order chi connectivity index (χ1) is 12.6. The van der Waals surface area contributed by atoms with Crippen molar-refractivity contribution >= 4 is 40.8 Å². The fraction of sp³-hybridized carbons (Fsp3) is 0.278. The maximum Gasteiger partial charge on any atom is 0.341 e. The zero-order valence-electron chi connectivity index (χ0n) is 13.9. The molecule has 1 aliphatic rings. The second kappa shape index (κ2) is 8.38. The van der Waals surface area contributed by atoms with E-state index in [-0.39, 0.29) is 23.2 Å². The third kappa shape index (κ3) is 4.26. The van der Waals surface area contributed by atoms with E-state index in [2.05, 4.69) is 9.88 Å². The lowest BCUT2D eigenvalue weighted by molar-refractivity contribution is -0.134. The maximum atomic E-state index is 12.3. The number of rotatable bonds is 4. The molecule has 1 aromatic heterocycles. The number of benzene rings is 1. The summed E-state index contributed by atoms with van der Waals surface area (Å²) in [6.07, 6.45) is 1.47. The molecule has 0 radical (unpaired) electrons. The Balaban J connectivity index is 1.50. The topological polar surface area (TPSA) is 62.7 Å². The third-order valence-electron chi connectivity index (χ3n) is 4.13. The summed E-state index contributed by atoms with van der Waals surface area (Å²) in [4.78, 5) is 31.9. The van der Waals surface area contributed by atoms with Gasteiger partial charge in [0.1, 0.15) is 5.15 Å². The molecule has 0 atom stereocenters. The van der Waals surface area contributed by atoms with E-state index in [0.29, 0.717) is 31.2 Å². The Morgan fingerprint density at radius 1 is 1.04 bits per heavy atom. The molecule has 1 amide bonds. The average Bonchev–Trinajstić information content (AvgIpc) is 2.67. The van der Waals surface area contributed by atoms with E-state index >= 15 is 0 Å². The quantitative estimate of drug-likeness (QED) is 0.590. The number of carbonyl (C=O) groups excluding carboxylic acids is 2. The lowest BCUT2D eigenvalue weighted by atomic mass is 10.2. The van der Waals surface area contributed by atoms with E-state index in [0.717, 1.165) is 5.69 Å². The Labute approximate surface area is 161 Å². The van der Waals surface area contributed by atoms with Crippen molar-refractivity contribution in [2.75, 3.05) is 37.7 Å². The summed E-state index contributed by atoms with van der Waals surface area (Å²) in [6, 6.07) is 10.7. The molecule has 0 aliphatic carbocycles. The zero-order valence-corrected chi connectivity index (χ0v) is 15.4. The van der Waals surface area contributed by atoms with Gasteiger partial charge in [-0.05, 0) is 24.3 Å². The van der Waals surface area contributed by atoms with Gasteiger partial charge >= 0.3 is 5.97 Å². The zero-order chi connectivity index (χ0) is 18.5. The van der Waals surface area contributed by atoms with E-state index < -0.39 is 5.97 Å². The smallest absolute Gasteiger partial charge is 0.341 e. The average molecular weight is 394 g/mol. The molecule has 0 N–H and O–H groups in total. The molecule has 8 heteroatoms. The summed E-state index contributed by atoms with van der Waals surface area (Å²) in [6.45, 7) is 2.08. The van der Waals surface area contributed by atoms with Gasteiger partial charge < -0.3 is 14.5 Å². The van der Waals surface area contributed by atoms with Crippen molar-refractivity contribution in [2.24, 2.45) is 0 Å². The molecule has 0 saturated carbocycles. The Morgan fingerprint density at radius 2 is 1.77 bits per heavy atom. The SMILES string of the molecule is O=C(OCC(=O)N1CCN(c2ccccc2Cl)CC1)c1cccnc1Cl. The number of carbonyl (C=O) groups is 2. The minimum atomic E-state index is -0.661. The highest BCUT2D eigenvalue weighted by Gasteiger charge is 2.23. The van der Waals surface area contributed by atoms with Gasteiger partial charge in [0.15, 0.2) is 6.61 Å². The number of amides is 1. The number of piperazine rings is 1. The van der Waals surface area contributed by atoms with Crippen molar-refractivity contribution < 1.29 is 14.3 Å². The molecule has 1 fully saturated rings. The van der Waals surface area contributed by atoms with Gasteiger partial charge in [0.05, 0.1) is 16.3 Å². The number of para-hydroxylation sites is 1. The molecular formula is C18H17Cl2N3O3. The third-order valence-corrected chi connectivity index (χ3v) is 4.75. The summed E-state index contributed by atoms with van der Waals surface area (Å²) in [5.74, 6) is -0.900. The predicted molar refractivity (Wildman–Crippen MR) is 99.8 cm³/mol. The number of ether oxygens (including phenoxy) is 1. The van der Waals surface area contributed by atoms with Crippen LogP contribution in [0, 0.1) is 0 Å². The van der Waals surface area contributed by atoms with Gasteiger partial charge in [-0.1, -0.05) is 35.3 Å². The molecule has 0 spiro atoms. The Kier molecular flexibility index (Phi) is 5.96. The normalized spacial score (nSPS) is 14.2. The molecule has 2 heterocycles. The van der Waals surface area contributed by atoms with E-state index in [1.807, 2.05) is 24.3 Å². The van der Waals surface area contributed by atoms with Crippen LogP contribution in [-0.4, -0.2) is 54.5 Å². The first-order valence-corrected chi connectivity index (χ1v) is 8.87. The van der Waals surface area contributed by atoms with Gasteiger partial charge in [0.2, 0.25) is 0 Å². The van der Waals surface area contributed by atoms with Crippen molar-refractivity contribution in [1.29, 1.82) is 0 Å². The molecule has 2 aromatic rings. The molecule has 1 aliphatic heterocycles. The predicted octanol–water partition coefficient (Wildman–Crippen LogP) is 2.89. The molecule has 1 saturated heterocycles. The van der Waals surface area contributed by atoms with Crippen LogP contribution in [0.1, 0.15) is 10.4 Å². The van der Waals surface area contributed by atoms with Crippen LogP contribution in [0.3, 0.4) is 0 Å². The second-order valence-corrected chi connectivity index (χ2v) is 6.50. The molecule has 1 aromatic carbocycles. The molecule has 6 nitrogen and oxygen atoms in total. The van der Waals surface area contributed by atoms with Gasteiger partial charge in [-0.2, -0.15) is 0 Å². The highest BCUT2D eigenvalue weighted by molar-refractivity contribution is 6.33. The lowest BCUT2D eigenvalue weighted by Crippen LogP contribution is -2.50. The number of anilines is 1. The number of nitrogens with zero attached hydrogens (tertiary/aromatic N) is 3. The summed E-state index contributed by atoms with van der Waals surface area (Å²) < 4.78 is 5.07. The number of hydrogen-bond acceptors (Lipinski definition) is 5. The number of hydrogen-bond donors (Lipinski definition) is 0. The van der Waals surface area contributed by atoms with Crippen LogP contribution >= 0.6 is 23.2 Å². The fourth-order valence-electron chi connectivity index (χ4n) is 2.74. The molecule has 0 bridgehead atoms. The van der Waals surface area contributed by atoms with Gasteiger partial charge in [0.25, 0.3) is 5.91 Å². The standard InChI is InChI=1S/C18H17Cl2N3O3/c19-14-5-1-2-6-15(14)22-8-10-23(11-9-22)16(24)12-26-18(25)13-4-3-7-21-17(13)20/h1-7H,8-12H2. The van der Waals surface area contributed by atoms with Crippen molar-refractivity contribution in [2.45, 2.75) is 0 Å². The number of aromatic nitrogens is 1. The van der Waals surface area contributed by atoms with Crippen LogP contribution in [0.5, 0.6) is 0 Å². The highest BCUT2D eigenvalue weighted by atomic mass is 35.5. The minimum absolute atomic E-state index is 0.0540. The van der Waals surface area contributed by atoms with E-state index in [9.17, 15) is 9.59 Å². The maximum absolute atomic E-state index is 12.3. The van der Waals surface area contributed by atoms with Gasteiger partial charge in [-0.15, -0.1) is 0 Å². The van der Waals surface area contributed by atoms with E-state index in [1.54, 1.807) is 11.0 Å². The molecule has 26 heavy (non-hydrogen) atoms. The number of pyridine rings is 1. The van der Waals surface area contributed by atoms with Gasteiger partial charge in [-0.3, -0.25) is 4.79 Å². The summed E-state index contributed by atoms with van der Waals surface area (Å²) in [5, 5.41) is 0.743. The molecule has 3 rings (SSSR count). The van der Waals surface area contributed by atoms with Crippen LogP contribution in [0.25, 0.3) is 0 Å². The largest absolute Gasteiger partial charge is 0.452 e. The Bertz CT molecular complexity index is 808. The van der Waals surface area contributed by atoms with Crippen LogP contribution in [0.2, 0.25) is 10.2 Å². The Morgan fingerprint density at radius 3 is 2.46 bits per heavy atom. The van der Waals surface area contributed by atoms with Crippen molar-refractivity contribution in [3.63, 3.8) is 0 Å². The first kappa shape index (κ1) is 18.5. The summed E-state index contributed by atoms with van der Waals surface area (Å²) >= 11 is 12.1. The lowest BCUT2D eigenvalue weighted by Gasteiger charge is -2.36. The first-order valence-electron chi connectivity index (χ1n) is 8.11. The van der Waals surface area contributed by atoms with Gasteiger partial charge in [0, 0.05) is 32.4 Å². The van der Waals surface area contributed by atoms with Crippen molar-refractivity contribution in [3.05, 3.63) is 58.3 Å². The highest BCUT2D eigenvalue weighted by Crippen LogP contribution is 2.26. The summed E-state index contributed by atoms with van der Waals surface area (Å²) in [7, 11) is 0. The van der Waals surface area contributed by atoms with E-state index in [4.69, 9.17) is 27.9 Å². The monoisotopic (exact) mass is 393 g/mol. The van der Waals surface area contributed by atoms with Crippen LogP contribution in [0.15, 0.2) is 42.6 Å². The second-order valence-electron chi connectivity index (χ2n) is 5.74. The Hall–Kier alpha value is -2.31. The van der Waals surface area contributed by atoms with Gasteiger partial charge in [-0.25, -0.2) is 9.78 Å². The van der Waals surface area contributed by atoms with Crippen LogP contribution in [-0.2, 0) is 9.53 Å². The van der Waals surface area contributed by atoms with Crippen LogP contribution in [0.4, 0.5) is 5.69 Å². The van der Waals surface area contributed by atoms with Crippen molar-refractivity contribution in [3.8, 4) is 0 Å². The molecular weight excluding hydrogens is 377 g/mol. The number of esters is 1.